The maximum absolute atomic E-state index is 12.1. The van der Waals surface area contributed by atoms with Gasteiger partial charge in [-0.1, -0.05) is 17.4 Å². The van der Waals surface area contributed by atoms with Gasteiger partial charge in [0.1, 0.15) is 5.75 Å². The maximum atomic E-state index is 12.1. The molecule has 1 aliphatic rings. The molecule has 2 heterocycles. The number of imidazole rings is 1. The van der Waals surface area contributed by atoms with E-state index >= 15 is 0 Å². The van der Waals surface area contributed by atoms with Crippen LogP contribution in [0.5, 0.6) is 5.75 Å². The standard InChI is InChI=1S/C18H19N3O2S/c22-14-7-8-15-16(10-14)24-18-20-13(11-21(15)18)6-9-17(23)19-12-4-2-1-3-5-12/h4,7-8,10-11,22H,1-3,5-6,9H2,(H,19,23). The van der Waals surface area contributed by atoms with Crippen molar-refractivity contribution in [3.63, 3.8) is 0 Å². The summed E-state index contributed by atoms with van der Waals surface area (Å²) >= 11 is 1.54. The summed E-state index contributed by atoms with van der Waals surface area (Å²) in [5, 5.41) is 12.6. The molecule has 6 heteroatoms. The number of phenolic OH excluding ortho intramolecular Hbond substituents is 1. The number of hydrogen-bond acceptors (Lipinski definition) is 4. The van der Waals surface area contributed by atoms with Crippen LogP contribution in [0.25, 0.3) is 15.2 Å². The van der Waals surface area contributed by atoms with Crippen molar-refractivity contribution in [3.05, 3.63) is 41.9 Å². The van der Waals surface area contributed by atoms with E-state index in [2.05, 4.69) is 16.4 Å². The van der Waals surface area contributed by atoms with Gasteiger partial charge in [-0.15, -0.1) is 0 Å². The number of nitrogens with zero attached hydrogens (tertiary/aromatic N) is 2. The van der Waals surface area contributed by atoms with Gasteiger partial charge in [0.05, 0.1) is 15.9 Å². The Morgan fingerprint density at radius 3 is 3.12 bits per heavy atom. The molecule has 1 aromatic carbocycles. The summed E-state index contributed by atoms with van der Waals surface area (Å²) in [4.78, 5) is 17.6. The van der Waals surface area contributed by atoms with Gasteiger partial charge in [0.25, 0.3) is 0 Å². The summed E-state index contributed by atoms with van der Waals surface area (Å²) < 4.78 is 3.03. The normalized spacial score (nSPS) is 14.9. The van der Waals surface area contributed by atoms with Crippen molar-refractivity contribution in [2.45, 2.75) is 38.5 Å². The van der Waals surface area contributed by atoms with E-state index in [-0.39, 0.29) is 11.7 Å². The highest BCUT2D eigenvalue weighted by Crippen LogP contribution is 2.29. The number of carbonyl (C=O) groups excluding carboxylic acids is 1. The fourth-order valence-electron chi connectivity index (χ4n) is 3.09. The predicted molar refractivity (Wildman–Crippen MR) is 95.3 cm³/mol. The Kier molecular flexibility index (Phi) is 3.98. The predicted octanol–water partition coefficient (Wildman–Crippen LogP) is 3.76. The number of aromatic hydroxyl groups is 1. The summed E-state index contributed by atoms with van der Waals surface area (Å²) in [5.74, 6) is 0.329. The summed E-state index contributed by atoms with van der Waals surface area (Å²) in [6.45, 7) is 0. The third-order valence-corrected chi connectivity index (χ3v) is 5.34. The van der Waals surface area contributed by atoms with Crippen molar-refractivity contribution in [3.8, 4) is 5.75 Å². The maximum Gasteiger partial charge on any atom is 0.224 e. The molecule has 1 aliphatic carbocycles. The van der Waals surface area contributed by atoms with Crippen LogP contribution in [-0.2, 0) is 11.2 Å². The van der Waals surface area contributed by atoms with E-state index in [1.165, 1.54) is 6.42 Å². The van der Waals surface area contributed by atoms with Crippen LogP contribution in [0.3, 0.4) is 0 Å². The van der Waals surface area contributed by atoms with Gasteiger partial charge < -0.3 is 10.4 Å². The number of allylic oxidation sites excluding steroid dienone is 2. The van der Waals surface area contributed by atoms with Crippen LogP contribution in [0.2, 0.25) is 0 Å². The number of thiazole rings is 1. The Labute approximate surface area is 143 Å². The molecule has 0 spiro atoms. The quantitative estimate of drug-likeness (QED) is 0.759. The first-order chi connectivity index (χ1) is 11.7. The Bertz CT molecular complexity index is 938. The highest BCUT2D eigenvalue weighted by atomic mass is 32.1. The van der Waals surface area contributed by atoms with Gasteiger partial charge in [0.2, 0.25) is 5.91 Å². The largest absolute Gasteiger partial charge is 0.508 e. The highest BCUT2D eigenvalue weighted by molar-refractivity contribution is 7.23. The zero-order valence-corrected chi connectivity index (χ0v) is 14.1. The smallest absolute Gasteiger partial charge is 0.224 e. The Morgan fingerprint density at radius 2 is 2.29 bits per heavy atom. The molecule has 3 aromatic rings. The van der Waals surface area contributed by atoms with Gasteiger partial charge in [-0.25, -0.2) is 4.98 Å². The molecule has 5 nitrogen and oxygen atoms in total. The van der Waals surface area contributed by atoms with Crippen molar-refractivity contribution in [2.75, 3.05) is 0 Å². The zero-order valence-electron chi connectivity index (χ0n) is 13.3. The van der Waals surface area contributed by atoms with Crippen LogP contribution in [0.15, 0.2) is 36.2 Å². The van der Waals surface area contributed by atoms with Crippen LogP contribution in [0.4, 0.5) is 0 Å². The average molecular weight is 341 g/mol. The van der Waals surface area contributed by atoms with E-state index in [1.54, 1.807) is 23.5 Å². The molecule has 0 saturated carbocycles. The van der Waals surface area contributed by atoms with Gasteiger partial charge in [0, 0.05) is 24.7 Å². The van der Waals surface area contributed by atoms with E-state index in [0.29, 0.717) is 12.8 Å². The fourth-order valence-corrected chi connectivity index (χ4v) is 4.15. The van der Waals surface area contributed by atoms with Crippen LogP contribution in [0.1, 0.15) is 37.8 Å². The first kappa shape index (κ1) is 15.2. The number of phenols is 1. The van der Waals surface area contributed by atoms with Crippen LogP contribution in [0, 0.1) is 0 Å². The average Bonchev–Trinajstić information content (AvgIpc) is 3.10. The molecule has 1 amide bonds. The minimum absolute atomic E-state index is 0.0642. The molecule has 24 heavy (non-hydrogen) atoms. The summed E-state index contributed by atoms with van der Waals surface area (Å²) in [5.41, 5.74) is 3.02. The number of rotatable bonds is 4. The molecule has 0 atom stereocenters. The van der Waals surface area contributed by atoms with Crippen molar-refractivity contribution in [1.29, 1.82) is 0 Å². The molecule has 0 fully saturated rings. The van der Waals surface area contributed by atoms with E-state index in [0.717, 1.165) is 45.8 Å². The number of fused-ring (bicyclic) bond motifs is 3. The van der Waals surface area contributed by atoms with Gasteiger partial charge in [-0.05, 0) is 43.9 Å². The van der Waals surface area contributed by atoms with Crippen molar-refractivity contribution >= 4 is 32.4 Å². The zero-order chi connectivity index (χ0) is 16.5. The Morgan fingerprint density at radius 1 is 1.38 bits per heavy atom. The SMILES string of the molecule is O=C(CCc1cn2c(n1)sc1cc(O)ccc12)NC1=CCCCC1. The second-order valence-corrected chi connectivity index (χ2v) is 7.17. The Hall–Kier alpha value is -2.34. The van der Waals surface area contributed by atoms with E-state index in [4.69, 9.17) is 0 Å². The number of hydrogen-bond donors (Lipinski definition) is 2. The molecule has 2 N–H and O–H groups in total. The summed E-state index contributed by atoms with van der Waals surface area (Å²) in [6.07, 6.45) is 9.62. The number of aryl methyl sites for hydroxylation is 1. The molecular formula is C18H19N3O2S. The van der Waals surface area contributed by atoms with Crippen LogP contribution >= 0.6 is 11.3 Å². The third kappa shape index (κ3) is 3.01. The minimum atomic E-state index is 0.0642. The fraction of sp³-hybridized carbons (Fsp3) is 0.333. The van der Waals surface area contributed by atoms with Crippen molar-refractivity contribution in [1.82, 2.24) is 14.7 Å². The molecule has 0 bridgehead atoms. The molecule has 0 aliphatic heterocycles. The second kappa shape index (κ2) is 6.28. The van der Waals surface area contributed by atoms with E-state index in [9.17, 15) is 9.90 Å². The number of benzene rings is 1. The monoisotopic (exact) mass is 341 g/mol. The van der Waals surface area contributed by atoms with E-state index < -0.39 is 0 Å². The van der Waals surface area contributed by atoms with Crippen LogP contribution < -0.4 is 5.32 Å². The first-order valence-electron chi connectivity index (χ1n) is 8.27. The number of nitrogens with one attached hydrogen (secondary N) is 1. The molecule has 4 rings (SSSR count). The molecule has 2 aromatic heterocycles. The topological polar surface area (TPSA) is 66.6 Å². The number of carbonyl (C=O) groups is 1. The van der Waals surface area contributed by atoms with Gasteiger partial charge in [-0.2, -0.15) is 0 Å². The van der Waals surface area contributed by atoms with Crippen molar-refractivity contribution in [2.24, 2.45) is 0 Å². The number of amides is 1. The lowest BCUT2D eigenvalue weighted by Gasteiger charge is -2.13. The number of aromatic nitrogens is 2. The molecular weight excluding hydrogens is 322 g/mol. The molecule has 124 valence electrons. The summed E-state index contributed by atoms with van der Waals surface area (Å²) in [7, 11) is 0. The summed E-state index contributed by atoms with van der Waals surface area (Å²) in [6, 6.07) is 5.32. The van der Waals surface area contributed by atoms with Crippen molar-refractivity contribution < 1.29 is 9.90 Å². The Balaban J connectivity index is 1.45. The lowest BCUT2D eigenvalue weighted by atomic mass is 10.0. The second-order valence-electron chi connectivity index (χ2n) is 6.16. The van der Waals surface area contributed by atoms with Gasteiger partial charge in [-0.3, -0.25) is 9.20 Å². The third-order valence-electron chi connectivity index (χ3n) is 4.33. The van der Waals surface area contributed by atoms with Gasteiger partial charge in [0.15, 0.2) is 4.96 Å². The first-order valence-corrected chi connectivity index (χ1v) is 9.09. The lowest BCUT2D eigenvalue weighted by molar-refractivity contribution is -0.120. The molecule has 0 saturated heterocycles. The van der Waals surface area contributed by atoms with Gasteiger partial charge >= 0.3 is 0 Å². The molecule has 0 radical (unpaired) electrons. The van der Waals surface area contributed by atoms with Crippen LogP contribution in [-0.4, -0.2) is 20.4 Å². The minimum Gasteiger partial charge on any atom is -0.508 e. The lowest BCUT2D eigenvalue weighted by Crippen LogP contribution is -2.24. The highest BCUT2D eigenvalue weighted by Gasteiger charge is 2.12. The van der Waals surface area contributed by atoms with E-state index in [1.807, 2.05) is 16.7 Å². The molecule has 0 unspecified atom stereocenters.